The van der Waals surface area contributed by atoms with Gasteiger partial charge in [0.05, 0.1) is 0 Å². The molecular formula is C10H10N2O2S. The first-order valence-corrected chi connectivity index (χ1v) is 5.02. The smallest absolute Gasteiger partial charge is 0.250 e. The molecule has 0 fully saturated rings. The lowest BCUT2D eigenvalue weighted by Gasteiger charge is -2.04. The van der Waals surface area contributed by atoms with E-state index in [4.69, 9.17) is 5.26 Å². The van der Waals surface area contributed by atoms with Crippen molar-refractivity contribution in [3.05, 3.63) is 24.3 Å². The number of hydrogen-bond acceptors (Lipinski definition) is 4. The van der Waals surface area contributed by atoms with Gasteiger partial charge in [-0.15, -0.1) is 0 Å². The molecule has 78 valence electrons. The molecule has 0 spiro atoms. The first-order valence-electron chi connectivity index (χ1n) is 4.21. The summed E-state index contributed by atoms with van der Waals surface area (Å²) in [7, 11) is 1.46. The van der Waals surface area contributed by atoms with Crippen molar-refractivity contribution in [3.63, 3.8) is 0 Å². The zero-order valence-corrected chi connectivity index (χ0v) is 9.00. The Hall–Kier alpha value is -1.51. The van der Waals surface area contributed by atoms with Crippen LogP contribution in [0.2, 0.25) is 0 Å². The van der Waals surface area contributed by atoms with E-state index in [1.807, 2.05) is 5.40 Å². The van der Waals surface area contributed by atoms with Crippen LogP contribution in [0.15, 0.2) is 29.2 Å². The van der Waals surface area contributed by atoms with Gasteiger partial charge in [0.1, 0.15) is 12.0 Å². The molecule has 0 aliphatic rings. The standard InChI is InChI=1S/C10H10N2O2S/c1-14-6-10(13)12-8-2-4-9(5-3-8)15-7-11/h2-5H,6H2,1H3,(H,12,13). The molecule has 1 rings (SSSR count). The summed E-state index contributed by atoms with van der Waals surface area (Å²) in [6.07, 6.45) is 0. The number of nitrogens with zero attached hydrogens (tertiary/aromatic N) is 1. The van der Waals surface area contributed by atoms with Crippen molar-refractivity contribution < 1.29 is 9.53 Å². The Balaban J connectivity index is 2.57. The first kappa shape index (κ1) is 11.6. The van der Waals surface area contributed by atoms with Gasteiger partial charge >= 0.3 is 0 Å². The van der Waals surface area contributed by atoms with E-state index in [9.17, 15) is 4.79 Å². The van der Waals surface area contributed by atoms with E-state index in [1.165, 1.54) is 7.11 Å². The topological polar surface area (TPSA) is 62.1 Å². The second kappa shape index (κ2) is 6.06. The largest absolute Gasteiger partial charge is 0.375 e. The third-order valence-corrected chi connectivity index (χ3v) is 2.18. The highest BCUT2D eigenvalue weighted by atomic mass is 32.2. The first-order chi connectivity index (χ1) is 7.26. The van der Waals surface area contributed by atoms with Crippen LogP contribution < -0.4 is 5.32 Å². The predicted octanol–water partition coefficient (Wildman–Crippen LogP) is 1.84. The minimum atomic E-state index is -0.196. The van der Waals surface area contributed by atoms with Gasteiger partial charge in [-0.2, -0.15) is 5.26 Å². The van der Waals surface area contributed by atoms with Crippen molar-refractivity contribution >= 4 is 23.4 Å². The van der Waals surface area contributed by atoms with Crippen LogP contribution in [0.4, 0.5) is 5.69 Å². The van der Waals surface area contributed by atoms with E-state index in [-0.39, 0.29) is 12.5 Å². The maximum absolute atomic E-state index is 11.1. The lowest BCUT2D eigenvalue weighted by Crippen LogP contribution is -2.16. The van der Waals surface area contributed by atoms with Crippen molar-refractivity contribution in [3.8, 4) is 5.40 Å². The van der Waals surface area contributed by atoms with Gasteiger partial charge in [-0.05, 0) is 36.0 Å². The Bertz CT molecular complexity index is 370. The minimum Gasteiger partial charge on any atom is -0.375 e. The molecule has 1 aromatic carbocycles. The quantitative estimate of drug-likeness (QED) is 0.623. The van der Waals surface area contributed by atoms with Crippen molar-refractivity contribution in [2.75, 3.05) is 19.0 Å². The number of thiocyanates is 1. The molecule has 1 amide bonds. The number of thioether (sulfide) groups is 1. The van der Waals surface area contributed by atoms with Crippen LogP contribution in [0.3, 0.4) is 0 Å². The third kappa shape index (κ3) is 4.02. The highest BCUT2D eigenvalue weighted by Crippen LogP contribution is 2.18. The number of amides is 1. The van der Waals surface area contributed by atoms with Gasteiger partial charge in [-0.25, -0.2) is 0 Å². The molecule has 0 aliphatic carbocycles. The van der Waals surface area contributed by atoms with E-state index in [0.29, 0.717) is 5.69 Å². The highest BCUT2D eigenvalue weighted by Gasteiger charge is 2.00. The summed E-state index contributed by atoms with van der Waals surface area (Å²) in [5.74, 6) is -0.196. The molecule has 1 N–H and O–H groups in total. The van der Waals surface area contributed by atoms with Gasteiger partial charge in [0.2, 0.25) is 5.91 Å². The van der Waals surface area contributed by atoms with E-state index >= 15 is 0 Å². The molecule has 0 saturated carbocycles. The SMILES string of the molecule is COCC(=O)Nc1ccc(SC#N)cc1. The van der Waals surface area contributed by atoms with Gasteiger partial charge in [0.15, 0.2) is 0 Å². The van der Waals surface area contributed by atoms with Gasteiger partial charge in [0, 0.05) is 17.7 Å². The van der Waals surface area contributed by atoms with Gasteiger partial charge in [0.25, 0.3) is 0 Å². The summed E-state index contributed by atoms with van der Waals surface area (Å²) in [5, 5.41) is 13.1. The predicted molar refractivity (Wildman–Crippen MR) is 58.4 cm³/mol. The minimum absolute atomic E-state index is 0.0364. The Morgan fingerprint density at radius 3 is 2.73 bits per heavy atom. The summed E-state index contributed by atoms with van der Waals surface area (Å²) in [6, 6.07) is 7.03. The number of hydrogen-bond donors (Lipinski definition) is 1. The summed E-state index contributed by atoms with van der Waals surface area (Å²) >= 11 is 1.08. The molecule has 1 aromatic rings. The number of nitrogens with one attached hydrogen (secondary N) is 1. The molecule has 0 radical (unpaired) electrons. The number of methoxy groups -OCH3 is 1. The molecule has 0 bridgehead atoms. The van der Waals surface area contributed by atoms with Crippen molar-refractivity contribution in [1.29, 1.82) is 5.26 Å². The number of anilines is 1. The van der Waals surface area contributed by atoms with Crippen LogP contribution in [-0.4, -0.2) is 19.6 Å². The summed E-state index contributed by atoms with van der Waals surface area (Å²) in [4.78, 5) is 12.0. The van der Waals surface area contributed by atoms with Crippen molar-refractivity contribution in [1.82, 2.24) is 0 Å². The van der Waals surface area contributed by atoms with E-state index < -0.39 is 0 Å². The number of carbonyl (C=O) groups excluding carboxylic acids is 1. The zero-order valence-electron chi connectivity index (χ0n) is 8.19. The zero-order chi connectivity index (χ0) is 11.1. The average molecular weight is 222 g/mol. The van der Waals surface area contributed by atoms with Crippen LogP contribution in [0.5, 0.6) is 0 Å². The fourth-order valence-electron chi connectivity index (χ4n) is 0.987. The van der Waals surface area contributed by atoms with E-state index in [2.05, 4.69) is 10.1 Å². The van der Waals surface area contributed by atoms with Crippen molar-refractivity contribution in [2.45, 2.75) is 4.90 Å². The van der Waals surface area contributed by atoms with Gasteiger partial charge in [-0.3, -0.25) is 4.79 Å². The van der Waals surface area contributed by atoms with Crippen LogP contribution in [0.1, 0.15) is 0 Å². The Kier molecular flexibility index (Phi) is 4.68. The highest BCUT2D eigenvalue weighted by molar-refractivity contribution is 8.03. The van der Waals surface area contributed by atoms with Crippen LogP contribution in [0.25, 0.3) is 0 Å². The third-order valence-electron chi connectivity index (χ3n) is 1.58. The number of ether oxygens (including phenoxy) is 1. The number of benzene rings is 1. The molecule has 0 unspecified atom stereocenters. The second-order valence-corrected chi connectivity index (χ2v) is 3.56. The Morgan fingerprint density at radius 2 is 2.20 bits per heavy atom. The molecule has 15 heavy (non-hydrogen) atoms. The Morgan fingerprint density at radius 1 is 1.53 bits per heavy atom. The van der Waals surface area contributed by atoms with Crippen LogP contribution in [0, 0.1) is 10.7 Å². The van der Waals surface area contributed by atoms with E-state index in [0.717, 1.165) is 16.7 Å². The Labute approximate surface area is 92.2 Å². The monoisotopic (exact) mass is 222 g/mol. The fourth-order valence-corrected chi connectivity index (χ4v) is 1.36. The maximum atomic E-state index is 11.1. The summed E-state index contributed by atoms with van der Waals surface area (Å²) < 4.78 is 4.68. The summed E-state index contributed by atoms with van der Waals surface area (Å²) in [5.41, 5.74) is 0.694. The van der Waals surface area contributed by atoms with E-state index in [1.54, 1.807) is 24.3 Å². The van der Waals surface area contributed by atoms with Gasteiger partial charge in [-0.1, -0.05) is 0 Å². The average Bonchev–Trinajstić information content (AvgIpc) is 2.22. The normalized spacial score (nSPS) is 9.33. The molecule has 0 heterocycles. The lowest BCUT2D eigenvalue weighted by molar-refractivity contribution is -0.119. The van der Waals surface area contributed by atoms with Crippen LogP contribution in [-0.2, 0) is 9.53 Å². The number of nitriles is 1. The van der Waals surface area contributed by atoms with Gasteiger partial charge < -0.3 is 10.1 Å². The number of rotatable bonds is 4. The molecule has 0 atom stereocenters. The lowest BCUT2D eigenvalue weighted by atomic mass is 10.3. The second-order valence-electron chi connectivity index (χ2n) is 2.70. The summed E-state index contributed by atoms with van der Waals surface area (Å²) in [6.45, 7) is 0.0364. The molecule has 4 nitrogen and oxygen atoms in total. The number of carbonyl (C=O) groups is 1. The molecule has 0 aliphatic heterocycles. The van der Waals surface area contributed by atoms with Crippen molar-refractivity contribution in [2.24, 2.45) is 0 Å². The molecule has 5 heteroatoms. The molecule has 0 saturated heterocycles. The molecule has 0 aromatic heterocycles. The fraction of sp³-hybridized carbons (Fsp3) is 0.200. The van der Waals surface area contributed by atoms with Crippen LogP contribution >= 0.6 is 11.8 Å². The maximum Gasteiger partial charge on any atom is 0.250 e. The molecular weight excluding hydrogens is 212 g/mol.